The predicted octanol–water partition coefficient (Wildman–Crippen LogP) is 2.82. The molecule has 0 amide bonds. The monoisotopic (exact) mass is 270 g/mol. The SMILES string of the molecule is CC(CNCc1ccco1)N1CCc2ccccc2C1. The summed E-state index contributed by atoms with van der Waals surface area (Å²) in [5, 5.41) is 3.47. The second-order valence-corrected chi connectivity index (χ2v) is 5.55. The Bertz CT molecular complexity index is 536. The Morgan fingerprint density at radius 3 is 2.85 bits per heavy atom. The molecule has 1 atom stereocenters. The van der Waals surface area contributed by atoms with E-state index in [1.54, 1.807) is 6.26 Å². The smallest absolute Gasteiger partial charge is 0.117 e. The van der Waals surface area contributed by atoms with Crippen molar-refractivity contribution >= 4 is 0 Å². The van der Waals surface area contributed by atoms with Crippen LogP contribution in [0.3, 0.4) is 0 Å². The third-order valence-electron chi connectivity index (χ3n) is 4.10. The van der Waals surface area contributed by atoms with Crippen LogP contribution in [0.4, 0.5) is 0 Å². The van der Waals surface area contributed by atoms with Gasteiger partial charge >= 0.3 is 0 Å². The Morgan fingerprint density at radius 2 is 2.05 bits per heavy atom. The number of fused-ring (bicyclic) bond motifs is 1. The van der Waals surface area contributed by atoms with Crippen LogP contribution in [-0.4, -0.2) is 24.0 Å². The van der Waals surface area contributed by atoms with Crippen molar-refractivity contribution in [1.82, 2.24) is 10.2 Å². The quantitative estimate of drug-likeness (QED) is 0.905. The van der Waals surface area contributed by atoms with Gasteiger partial charge in [-0.3, -0.25) is 4.90 Å². The molecule has 106 valence electrons. The first kappa shape index (κ1) is 13.4. The molecule has 0 spiro atoms. The molecule has 1 aromatic heterocycles. The molecule has 2 aromatic rings. The zero-order valence-electron chi connectivity index (χ0n) is 12.0. The van der Waals surface area contributed by atoms with Crippen LogP contribution < -0.4 is 5.32 Å². The van der Waals surface area contributed by atoms with E-state index in [2.05, 4.69) is 41.4 Å². The number of nitrogens with zero attached hydrogens (tertiary/aromatic N) is 1. The van der Waals surface area contributed by atoms with Gasteiger partial charge < -0.3 is 9.73 Å². The lowest BCUT2D eigenvalue weighted by molar-refractivity contribution is 0.186. The van der Waals surface area contributed by atoms with Crippen LogP contribution in [0.25, 0.3) is 0 Å². The minimum absolute atomic E-state index is 0.540. The molecular weight excluding hydrogens is 248 g/mol. The van der Waals surface area contributed by atoms with E-state index in [1.165, 1.54) is 17.5 Å². The predicted molar refractivity (Wildman–Crippen MR) is 80.4 cm³/mol. The summed E-state index contributed by atoms with van der Waals surface area (Å²) in [5.41, 5.74) is 3.00. The lowest BCUT2D eigenvalue weighted by Crippen LogP contribution is -2.42. The van der Waals surface area contributed by atoms with Crippen molar-refractivity contribution < 1.29 is 4.42 Å². The van der Waals surface area contributed by atoms with Gasteiger partial charge in [-0.15, -0.1) is 0 Å². The summed E-state index contributed by atoms with van der Waals surface area (Å²) in [6, 6.07) is 13.3. The fourth-order valence-electron chi connectivity index (χ4n) is 2.84. The molecule has 0 saturated carbocycles. The molecule has 3 rings (SSSR count). The Balaban J connectivity index is 1.50. The van der Waals surface area contributed by atoms with Crippen molar-refractivity contribution in [2.24, 2.45) is 0 Å². The van der Waals surface area contributed by atoms with Gasteiger partial charge in [-0.1, -0.05) is 24.3 Å². The number of hydrogen-bond acceptors (Lipinski definition) is 3. The zero-order valence-corrected chi connectivity index (χ0v) is 12.0. The lowest BCUT2D eigenvalue weighted by Gasteiger charge is -2.33. The topological polar surface area (TPSA) is 28.4 Å². The molecule has 2 heterocycles. The molecule has 0 saturated heterocycles. The second kappa shape index (κ2) is 6.25. The second-order valence-electron chi connectivity index (χ2n) is 5.55. The van der Waals surface area contributed by atoms with Gasteiger partial charge in [0.15, 0.2) is 0 Å². The molecule has 0 aliphatic carbocycles. The normalized spacial score (nSPS) is 16.9. The number of nitrogens with one attached hydrogen (secondary N) is 1. The van der Waals surface area contributed by atoms with Crippen molar-refractivity contribution in [1.29, 1.82) is 0 Å². The van der Waals surface area contributed by atoms with Crippen molar-refractivity contribution in [3.63, 3.8) is 0 Å². The van der Waals surface area contributed by atoms with E-state index in [0.29, 0.717) is 6.04 Å². The molecule has 1 N–H and O–H groups in total. The van der Waals surface area contributed by atoms with E-state index >= 15 is 0 Å². The summed E-state index contributed by atoms with van der Waals surface area (Å²) in [6.45, 7) is 6.31. The van der Waals surface area contributed by atoms with Gasteiger partial charge in [-0.25, -0.2) is 0 Å². The number of benzene rings is 1. The molecule has 1 aliphatic rings. The molecule has 1 aliphatic heterocycles. The largest absolute Gasteiger partial charge is 0.468 e. The average Bonchev–Trinajstić information content (AvgIpc) is 3.00. The van der Waals surface area contributed by atoms with Crippen LogP contribution in [0.2, 0.25) is 0 Å². The van der Waals surface area contributed by atoms with Crippen LogP contribution >= 0.6 is 0 Å². The van der Waals surface area contributed by atoms with E-state index in [0.717, 1.165) is 31.9 Å². The molecule has 3 heteroatoms. The van der Waals surface area contributed by atoms with Crippen molar-refractivity contribution in [3.05, 3.63) is 59.5 Å². The van der Waals surface area contributed by atoms with Crippen molar-refractivity contribution in [2.45, 2.75) is 32.5 Å². The molecule has 0 radical (unpaired) electrons. The summed E-state index contributed by atoms with van der Waals surface area (Å²) in [5.74, 6) is 1.00. The van der Waals surface area contributed by atoms with Gasteiger partial charge in [0.2, 0.25) is 0 Å². The molecule has 0 fully saturated rings. The van der Waals surface area contributed by atoms with Crippen molar-refractivity contribution in [2.75, 3.05) is 13.1 Å². The highest BCUT2D eigenvalue weighted by Gasteiger charge is 2.19. The van der Waals surface area contributed by atoms with E-state index < -0.39 is 0 Å². The van der Waals surface area contributed by atoms with Gasteiger partial charge in [0.1, 0.15) is 5.76 Å². The molecule has 1 aromatic carbocycles. The van der Waals surface area contributed by atoms with Crippen LogP contribution in [-0.2, 0) is 19.5 Å². The highest BCUT2D eigenvalue weighted by atomic mass is 16.3. The Kier molecular flexibility index (Phi) is 4.19. The summed E-state index contributed by atoms with van der Waals surface area (Å²) >= 11 is 0. The maximum Gasteiger partial charge on any atom is 0.117 e. The molecule has 20 heavy (non-hydrogen) atoms. The standard InChI is InChI=1S/C17H22N2O/c1-14(11-18-12-17-7-4-10-20-17)19-9-8-15-5-2-3-6-16(15)13-19/h2-7,10,14,18H,8-9,11-13H2,1H3. The molecule has 0 bridgehead atoms. The van der Waals surface area contributed by atoms with Crippen molar-refractivity contribution in [3.8, 4) is 0 Å². The average molecular weight is 270 g/mol. The lowest BCUT2D eigenvalue weighted by atomic mass is 9.99. The minimum Gasteiger partial charge on any atom is -0.468 e. The fraction of sp³-hybridized carbons (Fsp3) is 0.412. The Labute approximate surface area is 120 Å². The van der Waals surface area contributed by atoms with Crippen LogP contribution in [0.1, 0.15) is 23.8 Å². The molecule has 1 unspecified atom stereocenters. The third kappa shape index (κ3) is 3.11. The van der Waals surface area contributed by atoms with Gasteiger partial charge in [-0.05, 0) is 36.6 Å². The Hall–Kier alpha value is -1.58. The van der Waals surface area contributed by atoms with Crippen LogP contribution in [0, 0.1) is 0 Å². The summed E-state index contributed by atoms with van der Waals surface area (Å²) in [4.78, 5) is 2.55. The molecule has 3 nitrogen and oxygen atoms in total. The van der Waals surface area contributed by atoms with Gasteiger partial charge in [0.05, 0.1) is 12.8 Å². The van der Waals surface area contributed by atoms with Gasteiger partial charge in [0, 0.05) is 25.7 Å². The first-order valence-electron chi connectivity index (χ1n) is 7.37. The zero-order chi connectivity index (χ0) is 13.8. The first-order valence-corrected chi connectivity index (χ1v) is 7.37. The van der Waals surface area contributed by atoms with Crippen LogP contribution in [0.5, 0.6) is 0 Å². The highest BCUT2D eigenvalue weighted by Crippen LogP contribution is 2.19. The summed E-state index contributed by atoms with van der Waals surface area (Å²) in [7, 11) is 0. The van der Waals surface area contributed by atoms with E-state index in [-0.39, 0.29) is 0 Å². The number of hydrogen-bond donors (Lipinski definition) is 1. The third-order valence-corrected chi connectivity index (χ3v) is 4.10. The van der Waals surface area contributed by atoms with Crippen LogP contribution in [0.15, 0.2) is 47.1 Å². The summed E-state index contributed by atoms with van der Waals surface area (Å²) < 4.78 is 5.33. The summed E-state index contributed by atoms with van der Waals surface area (Å²) in [6.07, 6.45) is 2.89. The van der Waals surface area contributed by atoms with Gasteiger partial charge in [0.25, 0.3) is 0 Å². The number of rotatable bonds is 5. The fourth-order valence-corrected chi connectivity index (χ4v) is 2.84. The van der Waals surface area contributed by atoms with E-state index in [4.69, 9.17) is 4.42 Å². The number of furan rings is 1. The maximum atomic E-state index is 5.33. The highest BCUT2D eigenvalue weighted by molar-refractivity contribution is 5.29. The van der Waals surface area contributed by atoms with E-state index in [9.17, 15) is 0 Å². The molecular formula is C17H22N2O. The first-order chi connectivity index (χ1) is 9.83. The minimum atomic E-state index is 0.540. The maximum absolute atomic E-state index is 5.33. The Morgan fingerprint density at radius 1 is 1.20 bits per heavy atom. The van der Waals surface area contributed by atoms with E-state index in [1.807, 2.05) is 12.1 Å². The van der Waals surface area contributed by atoms with Gasteiger partial charge in [-0.2, -0.15) is 0 Å².